The number of pyridine rings is 1. The maximum Gasteiger partial charge on any atom is 0.262 e. The van der Waals surface area contributed by atoms with Crippen molar-refractivity contribution in [1.82, 2.24) is 19.7 Å². The lowest BCUT2D eigenvalue weighted by Crippen LogP contribution is -2.24. The third kappa shape index (κ3) is 2.61. The predicted octanol–water partition coefficient (Wildman–Crippen LogP) is 1.70. The predicted molar refractivity (Wildman–Crippen MR) is 107 cm³/mol. The van der Waals surface area contributed by atoms with Gasteiger partial charge in [-0.1, -0.05) is 30.3 Å². The number of fused-ring (bicyclic) bond motifs is 2. The number of hydrogen-bond acceptors (Lipinski definition) is 5. The summed E-state index contributed by atoms with van der Waals surface area (Å²) in [5.74, 6) is -1.28. The minimum Gasteiger partial charge on any atom is -0.384 e. The van der Waals surface area contributed by atoms with Crippen LogP contribution >= 0.6 is 0 Å². The second kappa shape index (κ2) is 6.16. The van der Waals surface area contributed by atoms with Crippen LogP contribution in [0.3, 0.4) is 0 Å². The Hall–Kier alpha value is -4.20. The Bertz CT molecular complexity index is 1370. The van der Waals surface area contributed by atoms with Crippen LogP contribution in [0.25, 0.3) is 16.6 Å². The minimum atomic E-state index is -0.612. The van der Waals surface area contributed by atoms with Gasteiger partial charge in [-0.25, -0.2) is 0 Å². The summed E-state index contributed by atoms with van der Waals surface area (Å²) >= 11 is 0. The summed E-state index contributed by atoms with van der Waals surface area (Å²) in [7, 11) is 0. The molecule has 3 N–H and O–H groups in total. The molecule has 29 heavy (non-hydrogen) atoms. The maximum atomic E-state index is 12.6. The van der Waals surface area contributed by atoms with E-state index in [2.05, 4.69) is 10.4 Å². The van der Waals surface area contributed by atoms with Crippen molar-refractivity contribution in [2.75, 3.05) is 5.73 Å². The number of carbonyl (C=O) groups is 2. The van der Waals surface area contributed by atoms with Gasteiger partial charge in [0.25, 0.3) is 17.4 Å². The number of anilines is 1. The lowest BCUT2D eigenvalue weighted by Gasteiger charge is -2.12. The van der Waals surface area contributed by atoms with E-state index in [1.54, 1.807) is 18.3 Å². The van der Waals surface area contributed by atoms with Gasteiger partial charge in [0.05, 0.1) is 35.1 Å². The lowest BCUT2D eigenvalue weighted by molar-refractivity contribution is 0.0880. The van der Waals surface area contributed by atoms with Crippen LogP contribution in [0.4, 0.5) is 5.82 Å². The van der Waals surface area contributed by atoms with Gasteiger partial charge in [0, 0.05) is 11.5 Å². The molecule has 0 bridgehead atoms. The molecule has 0 atom stereocenters. The van der Waals surface area contributed by atoms with Crippen LogP contribution in [0.1, 0.15) is 26.3 Å². The molecule has 142 valence electrons. The quantitative estimate of drug-likeness (QED) is 0.521. The molecule has 5 rings (SSSR count). The molecule has 0 unspecified atom stereocenters. The van der Waals surface area contributed by atoms with E-state index in [1.165, 1.54) is 4.57 Å². The Morgan fingerprint density at radius 1 is 0.966 bits per heavy atom. The first kappa shape index (κ1) is 16.9. The van der Waals surface area contributed by atoms with Crippen LogP contribution in [-0.4, -0.2) is 26.2 Å². The molecule has 8 nitrogen and oxygen atoms in total. The van der Waals surface area contributed by atoms with Crippen LogP contribution in [0.2, 0.25) is 0 Å². The highest BCUT2D eigenvalue weighted by Crippen LogP contribution is 2.25. The molecule has 2 amide bonds. The van der Waals surface area contributed by atoms with E-state index >= 15 is 0 Å². The number of aromatic nitrogens is 3. The average Bonchev–Trinajstić information content (AvgIpc) is 3.23. The number of hydrogen-bond donors (Lipinski definition) is 2. The molecule has 1 aliphatic heterocycles. The normalized spacial score (nSPS) is 13.0. The van der Waals surface area contributed by atoms with E-state index in [1.807, 2.05) is 41.1 Å². The Kier molecular flexibility index (Phi) is 3.60. The van der Waals surface area contributed by atoms with E-state index in [4.69, 9.17) is 5.73 Å². The fourth-order valence-electron chi connectivity index (χ4n) is 3.64. The van der Waals surface area contributed by atoms with E-state index in [0.717, 1.165) is 22.5 Å². The molecular formula is C21H15N5O3. The van der Waals surface area contributed by atoms with Gasteiger partial charge in [-0.2, -0.15) is 5.10 Å². The number of carbonyl (C=O) groups excluding carboxylic acids is 2. The smallest absolute Gasteiger partial charge is 0.262 e. The van der Waals surface area contributed by atoms with Gasteiger partial charge in [0.2, 0.25) is 0 Å². The van der Waals surface area contributed by atoms with Crippen molar-refractivity contribution in [1.29, 1.82) is 0 Å². The summed E-state index contributed by atoms with van der Waals surface area (Å²) in [5, 5.41) is 7.43. The van der Waals surface area contributed by atoms with Gasteiger partial charge < -0.3 is 5.73 Å². The maximum absolute atomic E-state index is 12.6. The van der Waals surface area contributed by atoms with Crippen molar-refractivity contribution in [3.63, 3.8) is 0 Å². The van der Waals surface area contributed by atoms with Crippen molar-refractivity contribution < 1.29 is 9.59 Å². The van der Waals surface area contributed by atoms with Crippen LogP contribution < -0.4 is 16.6 Å². The summed E-state index contributed by atoms with van der Waals surface area (Å²) in [6.07, 6.45) is 1.71. The van der Waals surface area contributed by atoms with E-state index in [9.17, 15) is 14.4 Å². The molecule has 0 radical (unpaired) electrons. The van der Waals surface area contributed by atoms with Gasteiger partial charge >= 0.3 is 0 Å². The zero-order chi connectivity index (χ0) is 20.1. The number of imide groups is 1. The molecule has 2 aromatic carbocycles. The summed E-state index contributed by atoms with van der Waals surface area (Å²) in [6.45, 7) is 0.618. The monoisotopic (exact) mass is 385 g/mol. The number of nitrogen functional groups attached to an aromatic ring is 1. The second-order valence-electron chi connectivity index (χ2n) is 6.81. The molecule has 0 spiro atoms. The first-order chi connectivity index (χ1) is 14.0. The molecule has 0 fully saturated rings. The van der Waals surface area contributed by atoms with Crippen LogP contribution in [0.5, 0.6) is 0 Å². The van der Waals surface area contributed by atoms with Crippen LogP contribution in [0, 0.1) is 0 Å². The largest absolute Gasteiger partial charge is 0.384 e. The summed E-state index contributed by atoms with van der Waals surface area (Å²) in [6, 6.07) is 16.5. The number of nitrogens with one attached hydrogen (secondary N) is 1. The van der Waals surface area contributed by atoms with Gasteiger partial charge in [-0.05, 0) is 23.8 Å². The molecule has 0 saturated heterocycles. The molecule has 1 aliphatic rings. The Morgan fingerprint density at radius 2 is 1.76 bits per heavy atom. The third-order valence-corrected chi connectivity index (χ3v) is 5.01. The molecule has 2 aromatic heterocycles. The van der Waals surface area contributed by atoms with Crippen molar-refractivity contribution >= 4 is 28.5 Å². The SMILES string of the molecule is Nc1c2c(cc(=O)n1-c1ccc3c(cnn3Cc3ccccc3)c1)C(=O)NC2=O. The summed E-state index contributed by atoms with van der Waals surface area (Å²) in [5.41, 5.74) is 8.16. The van der Waals surface area contributed by atoms with Gasteiger partial charge in [0.15, 0.2) is 0 Å². The molecule has 3 heterocycles. The number of benzene rings is 2. The lowest BCUT2D eigenvalue weighted by atomic mass is 10.1. The van der Waals surface area contributed by atoms with E-state index in [-0.39, 0.29) is 16.9 Å². The van der Waals surface area contributed by atoms with E-state index in [0.29, 0.717) is 12.2 Å². The van der Waals surface area contributed by atoms with Gasteiger partial charge in [-0.3, -0.25) is 28.9 Å². The number of amides is 2. The van der Waals surface area contributed by atoms with Crippen LogP contribution in [-0.2, 0) is 6.54 Å². The zero-order valence-electron chi connectivity index (χ0n) is 15.1. The summed E-state index contributed by atoms with van der Waals surface area (Å²) in [4.78, 5) is 36.5. The second-order valence-corrected chi connectivity index (χ2v) is 6.81. The fourth-order valence-corrected chi connectivity index (χ4v) is 3.64. The van der Waals surface area contributed by atoms with Gasteiger partial charge in [0.1, 0.15) is 5.82 Å². The standard InChI is InChI=1S/C21H15N5O3/c22-19-18-15(20(28)24-21(18)29)9-17(27)26(19)14-6-7-16-13(8-14)10-23-25(16)11-12-4-2-1-3-5-12/h1-10H,11,22H2,(H,24,28,29). The molecule has 0 saturated carbocycles. The topological polar surface area (TPSA) is 112 Å². The highest BCUT2D eigenvalue weighted by atomic mass is 16.2. The van der Waals surface area contributed by atoms with Crippen LogP contribution in [0.15, 0.2) is 65.6 Å². The molecular weight excluding hydrogens is 370 g/mol. The third-order valence-electron chi connectivity index (χ3n) is 5.01. The van der Waals surface area contributed by atoms with Crippen molar-refractivity contribution in [2.24, 2.45) is 0 Å². The molecule has 4 aromatic rings. The number of rotatable bonds is 3. The first-order valence-electron chi connectivity index (χ1n) is 8.94. The van der Waals surface area contributed by atoms with E-state index < -0.39 is 17.4 Å². The van der Waals surface area contributed by atoms with Gasteiger partial charge in [-0.15, -0.1) is 0 Å². The fraction of sp³-hybridized carbons (Fsp3) is 0.0476. The Morgan fingerprint density at radius 3 is 2.55 bits per heavy atom. The zero-order valence-corrected chi connectivity index (χ0v) is 15.1. The molecule has 8 heteroatoms. The van der Waals surface area contributed by atoms with Crippen molar-refractivity contribution in [3.05, 3.63) is 87.8 Å². The highest BCUT2D eigenvalue weighted by molar-refractivity contribution is 6.23. The highest BCUT2D eigenvalue weighted by Gasteiger charge is 2.31. The molecule has 0 aliphatic carbocycles. The van der Waals surface area contributed by atoms with Crippen molar-refractivity contribution in [3.8, 4) is 5.69 Å². The number of nitrogens with two attached hydrogens (primary N) is 1. The Labute approximate surface area is 164 Å². The minimum absolute atomic E-state index is 0.00510. The summed E-state index contributed by atoms with van der Waals surface area (Å²) < 4.78 is 3.10. The first-order valence-corrected chi connectivity index (χ1v) is 8.94. The Balaban J connectivity index is 1.61. The average molecular weight is 385 g/mol. The van der Waals surface area contributed by atoms with Crippen molar-refractivity contribution in [2.45, 2.75) is 6.54 Å². The number of nitrogens with zero attached hydrogens (tertiary/aromatic N) is 3.